The summed E-state index contributed by atoms with van der Waals surface area (Å²) in [6.07, 6.45) is 6.55. The SMILES string of the molecule is CCOC(=O)c1cnc(-n2cccc2)nc1N(C)C.CCOC(=O)c1cnc(Cl)nc1N(C)C. The highest BCUT2D eigenvalue weighted by Gasteiger charge is 2.18. The van der Waals surface area contributed by atoms with Gasteiger partial charge in [0.05, 0.1) is 13.2 Å². The predicted octanol–water partition coefficient (Wildman–Crippen LogP) is 2.88. The van der Waals surface area contributed by atoms with Gasteiger partial charge in [0.25, 0.3) is 0 Å². The molecule has 0 saturated heterocycles. The van der Waals surface area contributed by atoms with Crippen LogP contribution in [0.25, 0.3) is 5.95 Å². The van der Waals surface area contributed by atoms with Gasteiger partial charge in [0.2, 0.25) is 11.2 Å². The largest absolute Gasteiger partial charge is 0.462 e. The van der Waals surface area contributed by atoms with E-state index in [-0.39, 0.29) is 5.28 Å². The maximum atomic E-state index is 11.8. The average molecular weight is 490 g/mol. The van der Waals surface area contributed by atoms with Gasteiger partial charge < -0.3 is 19.3 Å². The second-order valence-corrected chi connectivity index (χ2v) is 7.44. The Kier molecular flexibility index (Phi) is 9.75. The Morgan fingerprint density at radius 1 is 0.853 bits per heavy atom. The number of ether oxygens (including phenoxy) is 2. The molecule has 0 bridgehead atoms. The summed E-state index contributed by atoms with van der Waals surface area (Å²) in [6.45, 7) is 4.14. The van der Waals surface area contributed by atoms with Crippen LogP contribution in [0, 0.1) is 0 Å². The van der Waals surface area contributed by atoms with Crippen LogP contribution in [-0.4, -0.2) is 77.8 Å². The molecule has 0 radical (unpaired) electrons. The zero-order valence-corrected chi connectivity index (χ0v) is 20.8. The highest BCUT2D eigenvalue weighted by atomic mass is 35.5. The van der Waals surface area contributed by atoms with Crippen LogP contribution in [0.1, 0.15) is 34.6 Å². The van der Waals surface area contributed by atoms with Crippen molar-refractivity contribution in [1.29, 1.82) is 0 Å². The van der Waals surface area contributed by atoms with Crippen molar-refractivity contribution in [2.24, 2.45) is 0 Å². The summed E-state index contributed by atoms with van der Waals surface area (Å²) < 4.78 is 11.6. The minimum absolute atomic E-state index is 0.103. The number of carbonyl (C=O) groups excluding carboxylic acids is 2. The number of aromatic nitrogens is 5. The third-order valence-electron chi connectivity index (χ3n) is 4.17. The summed E-state index contributed by atoms with van der Waals surface area (Å²) in [6, 6.07) is 3.77. The Balaban J connectivity index is 0.000000248. The molecule has 0 aliphatic carbocycles. The van der Waals surface area contributed by atoms with Crippen molar-refractivity contribution in [1.82, 2.24) is 24.5 Å². The molecule has 0 unspecified atom stereocenters. The third-order valence-corrected chi connectivity index (χ3v) is 4.35. The minimum Gasteiger partial charge on any atom is -0.462 e. The number of hydrogen-bond acceptors (Lipinski definition) is 10. The Morgan fingerprint density at radius 2 is 1.32 bits per heavy atom. The molecule has 3 rings (SSSR count). The summed E-state index contributed by atoms with van der Waals surface area (Å²) in [5.41, 5.74) is 0.675. The van der Waals surface area contributed by atoms with E-state index in [0.717, 1.165) is 0 Å². The van der Waals surface area contributed by atoms with E-state index in [1.807, 2.05) is 38.6 Å². The van der Waals surface area contributed by atoms with Crippen molar-refractivity contribution in [2.75, 3.05) is 51.2 Å². The van der Waals surface area contributed by atoms with Gasteiger partial charge in [-0.15, -0.1) is 0 Å². The van der Waals surface area contributed by atoms with E-state index in [2.05, 4.69) is 19.9 Å². The fourth-order valence-electron chi connectivity index (χ4n) is 2.70. The van der Waals surface area contributed by atoms with E-state index in [0.29, 0.717) is 41.9 Å². The lowest BCUT2D eigenvalue weighted by Crippen LogP contribution is -2.19. The summed E-state index contributed by atoms with van der Waals surface area (Å²) in [7, 11) is 7.18. The van der Waals surface area contributed by atoms with E-state index >= 15 is 0 Å². The second-order valence-electron chi connectivity index (χ2n) is 7.10. The molecule has 12 heteroatoms. The van der Waals surface area contributed by atoms with E-state index < -0.39 is 11.9 Å². The van der Waals surface area contributed by atoms with Gasteiger partial charge in [0, 0.05) is 53.0 Å². The summed E-state index contributed by atoms with van der Waals surface area (Å²) in [5.74, 6) is 0.649. The van der Waals surface area contributed by atoms with E-state index in [4.69, 9.17) is 21.1 Å². The maximum Gasteiger partial charge on any atom is 0.343 e. The van der Waals surface area contributed by atoms with Gasteiger partial charge in [-0.25, -0.2) is 19.6 Å². The molecule has 0 amide bonds. The number of nitrogens with zero attached hydrogens (tertiary/aromatic N) is 7. The first-order valence-corrected chi connectivity index (χ1v) is 10.8. The third kappa shape index (κ3) is 6.88. The first-order valence-electron chi connectivity index (χ1n) is 10.4. The van der Waals surface area contributed by atoms with Gasteiger partial charge >= 0.3 is 11.9 Å². The van der Waals surface area contributed by atoms with Crippen molar-refractivity contribution >= 4 is 35.2 Å². The molecule has 0 fully saturated rings. The standard InChI is InChI=1S/C13H16N4O2.C9H12ClN3O2/c1-4-19-12(18)10-9-14-13(15-11(10)16(2)3)17-7-5-6-8-17;1-4-15-8(14)6-5-11-9(10)12-7(6)13(2)3/h5-9H,4H2,1-3H3;5H,4H2,1-3H3. The van der Waals surface area contributed by atoms with Crippen LogP contribution in [0.3, 0.4) is 0 Å². The van der Waals surface area contributed by atoms with Crippen LogP contribution in [0.15, 0.2) is 36.9 Å². The number of rotatable bonds is 7. The summed E-state index contributed by atoms with van der Waals surface area (Å²) >= 11 is 5.64. The normalized spacial score (nSPS) is 10.1. The average Bonchev–Trinajstić information content (AvgIpc) is 3.34. The maximum absolute atomic E-state index is 11.8. The van der Waals surface area contributed by atoms with Gasteiger partial charge in [-0.1, -0.05) is 0 Å². The van der Waals surface area contributed by atoms with Gasteiger partial charge in [-0.2, -0.15) is 9.97 Å². The fourth-order valence-corrected chi connectivity index (χ4v) is 2.82. The van der Waals surface area contributed by atoms with Crippen molar-refractivity contribution in [3.8, 4) is 5.95 Å². The Morgan fingerprint density at radius 3 is 1.79 bits per heavy atom. The highest BCUT2D eigenvalue weighted by molar-refractivity contribution is 6.28. The molecule has 3 heterocycles. The molecule has 0 saturated carbocycles. The second kappa shape index (κ2) is 12.5. The number of hydrogen-bond donors (Lipinski definition) is 0. The molecule has 34 heavy (non-hydrogen) atoms. The van der Waals surface area contributed by atoms with Crippen LogP contribution in [-0.2, 0) is 9.47 Å². The van der Waals surface area contributed by atoms with E-state index in [1.54, 1.807) is 42.3 Å². The van der Waals surface area contributed by atoms with Crippen molar-refractivity contribution in [3.63, 3.8) is 0 Å². The monoisotopic (exact) mass is 489 g/mol. The van der Waals surface area contributed by atoms with Crippen LogP contribution in [0.5, 0.6) is 0 Å². The van der Waals surface area contributed by atoms with Crippen LogP contribution < -0.4 is 9.80 Å². The number of anilines is 2. The first kappa shape index (κ1) is 26.5. The molecule has 0 aliphatic rings. The van der Waals surface area contributed by atoms with Crippen LogP contribution in [0.4, 0.5) is 11.6 Å². The van der Waals surface area contributed by atoms with Gasteiger partial charge in [0.15, 0.2) is 0 Å². The molecule has 3 aromatic heterocycles. The minimum atomic E-state index is -0.446. The molecule has 182 valence electrons. The fraction of sp³-hybridized carbons (Fsp3) is 0.364. The van der Waals surface area contributed by atoms with Gasteiger partial charge in [0.1, 0.15) is 22.8 Å². The predicted molar refractivity (Wildman–Crippen MR) is 129 cm³/mol. The smallest absolute Gasteiger partial charge is 0.343 e. The lowest BCUT2D eigenvalue weighted by molar-refractivity contribution is 0.0516. The first-order chi connectivity index (χ1) is 16.2. The number of halogens is 1. The quantitative estimate of drug-likeness (QED) is 0.362. The Bertz CT molecular complexity index is 1100. The summed E-state index contributed by atoms with van der Waals surface area (Å²) in [5, 5.41) is 0.103. The molecule has 0 aromatic carbocycles. The lowest BCUT2D eigenvalue weighted by atomic mass is 10.3. The lowest BCUT2D eigenvalue weighted by Gasteiger charge is -2.16. The molecule has 0 atom stereocenters. The van der Waals surface area contributed by atoms with Crippen molar-refractivity contribution in [3.05, 3.63) is 53.3 Å². The number of carbonyl (C=O) groups is 2. The Labute approximate surface area is 203 Å². The van der Waals surface area contributed by atoms with Crippen LogP contribution >= 0.6 is 11.6 Å². The molecule has 11 nitrogen and oxygen atoms in total. The highest BCUT2D eigenvalue weighted by Crippen LogP contribution is 2.18. The number of esters is 2. The summed E-state index contributed by atoms with van der Waals surface area (Å²) in [4.78, 5) is 43.1. The molecular formula is C22H28ClN7O4. The molecule has 3 aromatic rings. The molecule has 0 N–H and O–H groups in total. The van der Waals surface area contributed by atoms with Gasteiger partial charge in [-0.3, -0.25) is 4.57 Å². The van der Waals surface area contributed by atoms with Gasteiger partial charge in [-0.05, 0) is 37.6 Å². The molecular weight excluding hydrogens is 462 g/mol. The zero-order valence-electron chi connectivity index (χ0n) is 20.0. The van der Waals surface area contributed by atoms with Crippen molar-refractivity contribution < 1.29 is 19.1 Å². The van der Waals surface area contributed by atoms with Crippen LogP contribution in [0.2, 0.25) is 5.28 Å². The van der Waals surface area contributed by atoms with E-state index in [1.165, 1.54) is 12.4 Å². The van der Waals surface area contributed by atoms with Crippen molar-refractivity contribution in [2.45, 2.75) is 13.8 Å². The topological polar surface area (TPSA) is 116 Å². The molecule has 0 spiro atoms. The Hall–Kier alpha value is -3.73. The zero-order chi connectivity index (χ0) is 25.3. The van der Waals surface area contributed by atoms with E-state index in [9.17, 15) is 9.59 Å². The molecule has 0 aliphatic heterocycles.